The summed E-state index contributed by atoms with van der Waals surface area (Å²) in [5, 5.41) is 14.1. The molecule has 0 fully saturated rings. The molecule has 0 radical (unpaired) electrons. The molecule has 12 rings (SSSR count). The molecule has 0 aromatic heterocycles. The summed E-state index contributed by atoms with van der Waals surface area (Å²) in [6.07, 6.45) is 5.00. The summed E-state index contributed by atoms with van der Waals surface area (Å²) in [7, 11) is 2.97. The van der Waals surface area contributed by atoms with Gasteiger partial charge in [-0.2, -0.15) is 36.4 Å². The number of benzene rings is 8. The van der Waals surface area contributed by atoms with Crippen LogP contribution in [-0.2, 0) is 17.4 Å². The smallest absolute Gasteiger partial charge is 0.214 e. The normalized spacial score (nSPS) is 15.9. The fraction of sp³-hybridized carbons (Fsp3) is 0.103. The van der Waals surface area contributed by atoms with Gasteiger partial charge in [-0.3, -0.25) is 0 Å². The zero-order chi connectivity index (χ0) is 40.4. The summed E-state index contributed by atoms with van der Waals surface area (Å²) in [4.78, 5) is 0. The van der Waals surface area contributed by atoms with E-state index >= 15 is 0 Å². The van der Waals surface area contributed by atoms with Crippen molar-refractivity contribution in [1.82, 2.24) is 0 Å². The van der Waals surface area contributed by atoms with E-state index in [1.807, 2.05) is 60.7 Å². The summed E-state index contributed by atoms with van der Waals surface area (Å²) in [6.45, 7) is 0. The van der Waals surface area contributed by atoms with E-state index in [1.54, 1.807) is 10.6 Å². The first kappa shape index (κ1) is 42.1. The number of hydrogen-bond donors (Lipinski definition) is 0. The summed E-state index contributed by atoms with van der Waals surface area (Å²) in [6, 6.07) is 82.2. The summed E-state index contributed by atoms with van der Waals surface area (Å²) >= 11 is 0. The first-order valence-corrected chi connectivity index (χ1v) is 23.3. The van der Waals surface area contributed by atoms with Crippen molar-refractivity contribution in [3.63, 3.8) is 0 Å². The van der Waals surface area contributed by atoms with Gasteiger partial charge in [0.1, 0.15) is 0 Å². The zero-order valence-electron chi connectivity index (χ0n) is 34.2. The molecule has 2 heterocycles. The average molecular weight is 859 g/mol. The van der Waals surface area contributed by atoms with E-state index in [2.05, 4.69) is 170 Å². The van der Waals surface area contributed by atoms with E-state index in [-0.39, 0.29) is 17.4 Å². The van der Waals surface area contributed by atoms with Crippen LogP contribution >= 0.6 is 16.4 Å². The van der Waals surface area contributed by atoms with Crippen molar-refractivity contribution in [1.29, 1.82) is 0 Å². The first-order chi connectivity index (χ1) is 29.8. The van der Waals surface area contributed by atoms with E-state index in [0.717, 1.165) is 0 Å². The Morgan fingerprint density at radius 3 is 1.00 bits per heavy atom. The third-order valence-corrected chi connectivity index (χ3v) is 14.4. The van der Waals surface area contributed by atoms with E-state index in [0.29, 0.717) is 11.8 Å². The topological polar surface area (TPSA) is 0 Å². The Hall–Kier alpha value is -5.63. The van der Waals surface area contributed by atoms with Gasteiger partial charge in [-0.1, -0.05) is 186 Å². The predicted octanol–water partition coefficient (Wildman–Crippen LogP) is 16.1. The number of fused-ring (bicyclic) bond motifs is 4. The van der Waals surface area contributed by atoms with E-state index in [9.17, 15) is 0 Å². The van der Waals surface area contributed by atoms with E-state index in [1.165, 1.54) is 107 Å². The predicted molar refractivity (Wildman–Crippen MR) is 266 cm³/mol. The molecule has 3 heteroatoms. The van der Waals surface area contributed by atoms with Crippen LogP contribution in [0, 0.1) is 0 Å². The van der Waals surface area contributed by atoms with Crippen LogP contribution in [0.25, 0.3) is 43.1 Å². The molecule has 0 saturated heterocycles. The monoisotopic (exact) mass is 858 g/mol. The molecule has 10 aromatic rings. The third kappa shape index (κ3) is 9.64. The molecular weight excluding hydrogens is 811 g/mol. The number of rotatable bonds is 4. The molecule has 0 spiro atoms. The Kier molecular flexibility index (Phi) is 14.3. The van der Waals surface area contributed by atoms with Crippen molar-refractivity contribution in [3.8, 4) is 0 Å². The molecule has 0 saturated carbocycles. The Balaban J connectivity index is 0.000000135. The van der Waals surface area contributed by atoms with Crippen molar-refractivity contribution in [2.75, 3.05) is 12.3 Å². The van der Waals surface area contributed by atoms with Gasteiger partial charge in [0.25, 0.3) is 0 Å². The van der Waals surface area contributed by atoms with Crippen LogP contribution in [-0.4, -0.2) is 22.9 Å². The largest absolute Gasteiger partial charge is 2.00 e. The van der Waals surface area contributed by atoms with E-state index in [4.69, 9.17) is 0 Å². The third-order valence-electron chi connectivity index (χ3n) is 11.7. The van der Waals surface area contributed by atoms with Crippen LogP contribution in [0.3, 0.4) is 0 Å². The number of hydrogen-bond acceptors (Lipinski definition) is 0. The zero-order valence-corrected chi connectivity index (χ0v) is 37.3. The molecule has 2 atom stereocenters. The van der Waals surface area contributed by atoms with Crippen LogP contribution in [0.5, 0.6) is 0 Å². The van der Waals surface area contributed by atoms with Gasteiger partial charge in [-0.25, -0.2) is 24.3 Å². The molecule has 0 nitrogen and oxygen atoms in total. The molecule has 2 unspecified atom stereocenters. The molecule has 2 aliphatic heterocycles. The van der Waals surface area contributed by atoms with Gasteiger partial charge in [-0.15, -0.1) is 0 Å². The van der Waals surface area contributed by atoms with E-state index < -0.39 is 0 Å². The Morgan fingerprint density at radius 1 is 0.328 bits per heavy atom. The van der Waals surface area contributed by atoms with Crippen molar-refractivity contribution >= 4 is 70.1 Å². The van der Waals surface area contributed by atoms with Gasteiger partial charge < -0.3 is 0 Å². The summed E-state index contributed by atoms with van der Waals surface area (Å²) in [5.74, 6) is 1.05. The van der Waals surface area contributed by atoms with Gasteiger partial charge in [0.2, 0.25) is 0 Å². The summed E-state index contributed by atoms with van der Waals surface area (Å²) < 4.78 is 0. The van der Waals surface area contributed by atoms with Crippen molar-refractivity contribution in [2.24, 2.45) is 0 Å². The van der Waals surface area contributed by atoms with Gasteiger partial charge in [0, 0.05) is 11.8 Å². The maximum atomic E-state index is 2.33. The standard InChI is InChI=1S/2C24H19P.2C5H5.Cr/c2*1-3-11-19-17(7-1)9-5-13-21(19)23-15-16-25-24(23)22-14-6-10-18-8-2-4-12-20(18)22;2*1-2-4-5-3-1;/h2*1-14,23H,15-16H2;2*1-5H;/q;;2*-1;+2. The first-order valence-electron chi connectivity index (χ1n) is 21.2. The van der Waals surface area contributed by atoms with Crippen LogP contribution in [0.4, 0.5) is 0 Å². The van der Waals surface area contributed by atoms with Crippen LogP contribution in [0.15, 0.2) is 231 Å². The Labute approximate surface area is 375 Å². The molecule has 2 aliphatic rings. The van der Waals surface area contributed by atoms with Crippen molar-refractivity contribution in [2.45, 2.75) is 24.7 Å². The van der Waals surface area contributed by atoms with Gasteiger partial charge in [0.15, 0.2) is 0 Å². The average Bonchev–Trinajstić information content (AvgIpc) is 4.19. The molecule has 296 valence electrons. The molecular formula is C58H48CrP2. The fourth-order valence-corrected chi connectivity index (χ4v) is 11.9. The fourth-order valence-electron chi connectivity index (χ4n) is 8.92. The maximum Gasteiger partial charge on any atom is 2.00 e. The van der Waals surface area contributed by atoms with Gasteiger partial charge in [-0.05, 0) is 101 Å². The molecule has 10 aromatic carbocycles. The summed E-state index contributed by atoms with van der Waals surface area (Å²) in [5.41, 5.74) is 5.86. The van der Waals surface area contributed by atoms with Gasteiger partial charge in [0.05, 0.1) is 0 Å². The SMILES string of the molecule is [Cr+2].c1cc[cH-]c1.c1cc[cH-]c1.c1ccc2c(C3=PCCC3c3cccc4ccccc34)cccc2c1.c1ccc2c(C3=PCCC3c3cccc4ccccc34)cccc2c1. The Morgan fingerprint density at radius 2 is 0.639 bits per heavy atom. The van der Waals surface area contributed by atoms with Crippen molar-refractivity contribution < 1.29 is 17.4 Å². The second kappa shape index (κ2) is 20.8. The molecule has 0 N–H and O–H groups in total. The minimum atomic E-state index is 0. The molecule has 0 amide bonds. The molecule has 61 heavy (non-hydrogen) atoms. The second-order valence-electron chi connectivity index (χ2n) is 15.3. The molecule has 0 bridgehead atoms. The van der Waals surface area contributed by atoms with Crippen LogP contribution in [0.2, 0.25) is 0 Å². The molecule has 0 aliphatic carbocycles. The minimum Gasteiger partial charge on any atom is -0.214 e. The van der Waals surface area contributed by atoms with Crippen molar-refractivity contribution in [3.05, 3.63) is 253 Å². The quantitative estimate of drug-likeness (QED) is 0.122. The van der Waals surface area contributed by atoms with Gasteiger partial charge >= 0.3 is 17.4 Å². The van der Waals surface area contributed by atoms with Crippen LogP contribution in [0.1, 0.15) is 46.9 Å². The Bertz CT molecular complexity index is 2750. The van der Waals surface area contributed by atoms with Crippen LogP contribution < -0.4 is 0 Å². The second-order valence-corrected chi connectivity index (χ2v) is 17.8. The minimum absolute atomic E-state index is 0. The maximum absolute atomic E-state index is 2.33.